The summed E-state index contributed by atoms with van der Waals surface area (Å²) in [5, 5.41) is 10.4. The van der Waals surface area contributed by atoms with Gasteiger partial charge in [0.25, 0.3) is 0 Å². The van der Waals surface area contributed by atoms with Gasteiger partial charge in [-0.05, 0) is 19.3 Å². The summed E-state index contributed by atoms with van der Waals surface area (Å²) in [7, 11) is 1.42. The summed E-state index contributed by atoms with van der Waals surface area (Å²) in [6.07, 6.45) is -0.492. The summed E-state index contributed by atoms with van der Waals surface area (Å²) in [4.78, 5) is 26.3. The number of hydrogen-bond donors (Lipinski definition) is 1. The van der Waals surface area contributed by atoms with Gasteiger partial charge in [-0.25, -0.2) is 0 Å². The number of carbonyl (C=O) groups excluding carboxylic acids is 2. The van der Waals surface area contributed by atoms with Crippen LogP contribution in [-0.4, -0.2) is 64.7 Å². The minimum absolute atomic E-state index is 0.00903. The average molecular weight is 336 g/mol. The number of likely N-dealkylation sites (tertiary alicyclic amines) is 1. The molecule has 1 saturated carbocycles. The molecule has 1 saturated heterocycles. The van der Waals surface area contributed by atoms with Gasteiger partial charge < -0.3 is 14.9 Å². The van der Waals surface area contributed by atoms with Crippen LogP contribution in [0.5, 0.6) is 0 Å². The molecule has 1 aliphatic carbocycles. The van der Waals surface area contributed by atoms with Gasteiger partial charge in [0, 0.05) is 13.6 Å². The van der Waals surface area contributed by atoms with Gasteiger partial charge in [-0.3, -0.25) is 9.59 Å². The van der Waals surface area contributed by atoms with Crippen molar-refractivity contribution in [3.05, 3.63) is 0 Å². The maximum absolute atomic E-state index is 12.4. The number of aliphatic hydroxyl groups is 1. The maximum atomic E-state index is 12.4. The molecule has 1 aliphatic heterocycles. The smallest absolute Gasteiger partial charge is 0.389 e. The Balaban J connectivity index is 1.93. The topological polar surface area (TPSA) is 60.9 Å². The summed E-state index contributed by atoms with van der Waals surface area (Å²) < 4.78 is 37.3. The Morgan fingerprint density at radius 1 is 1.35 bits per heavy atom. The molecule has 1 N–H and O–H groups in total. The van der Waals surface area contributed by atoms with E-state index in [1.54, 1.807) is 0 Å². The van der Waals surface area contributed by atoms with Crippen molar-refractivity contribution in [1.82, 2.24) is 9.80 Å². The zero-order chi connectivity index (χ0) is 17.3. The summed E-state index contributed by atoms with van der Waals surface area (Å²) in [6.45, 7) is -1.29. The summed E-state index contributed by atoms with van der Waals surface area (Å²) in [6, 6.07) is -0.864. The molecule has 2 amide bonds. The Hall–Kier alpha value is -1.31. The second kappa shape index (κ2) is 6.67. The maximum Gasteiger partial charge on any atom is 0.406 e. The number of amides is 2. The first-order valence-electron chi connectivity index (χ1n) is 7.95. The Morgan fingerprint density at radius 2 is 1.96 bits per heavy atom. The first-order chi connectivity index (χ1) is 10.6. The zero-order valence-electron chi connectivity index (χ0n) is 13.2. The average Bonchev–Trinajstić information content (AvgIpc) is 2.77. The molecule has 5 nitrogen and oxygen atoms in total. The predicted molar refractivity (Wildman–Crippen MR) is 76.5 cm³/mol. The molecule has 0 spiro atoms. The van der Waals surface area contributed by atoms with Gasteiger partial charge in [0.2, 0.25) is 11.8 Å². The van der Waals surface area contributed by atoms with Crippen LogP contribution in [0, 0.1) is 0 Å². The third-order valence-corrected chi connectivity index (χ3v) is 4.76. The fourth-order valence-corrected chi connectivity index (χ4v) is 3.42. The van der Waals surface area contributed by atoms with E-state index in [0.717, 1.165) is 24.2 Å². The number of nitrogens with zero attached hydrogens (tertiary/aromatic N) is 2. The fraction of sp³-hybridized carbons (Fsp3) is 0.867. The van der Waals surface area contributed by atoms with Crippen LogP contribution >= 0.6 is 0 Å². The van der Waals surface area contributed by atoms with E-state index in [-0.39, 0.29) is 25.3 Å². The second-order valence-electron chi connectivity index (χ2n) is 6.65. The summed E-state index contributed by atoms with van der Waals surface area (Å²) in [5.41, 5.74) is -1.04. The van der Waals surface area contributed by atoms with Gasteiger partial charge >= 0.3 is 6.18 Å². The lowest BCUT2D eigenvalue weighted by Crippen LogP contribution is -2.47. The molecule has 132 valence electrons. The summed E-state index contributed by atoms with van der Waals surface area (Å²) >= 11 is 0. The molecule has 0 aromatic heterocycles. The van der Waals surface area contributed by atoms with Gasteiger partial charge in [0.15, 0.2) is 0 Å². The first-order valence-corrected chi connectivity index (χ1v) is 7.95. The largest absolute Gasteiger partial charge is 0.406 e. The third kappa shape index (κ3) is 4.59. The van der Waals surface area contributed by atoms with Crippen LogP contribution in [0.2, 0.25) is 0 Å². The molecular formula is C15H23F3N2O3. The minimum atomic E-state index is -4.44. The highest BCUT2D eigenvalue weighted by molar-refractivity contribution is 5.89. The summed E-state index contributed by atoms with van der Waals surface area (Å²) in [5.74, 6) is -1.06. The van der Waals surface area contributed by atoms with Crippen LogP contribution < -0.4 is 0 Å². The number of carbonyl (C=O) groups is 2. The van der Waals surface area contributed by atoms with E-state index >= 15 is 0 Å². The quantitative estimate of drug-likeness (QED) is 0.850. The van der Waals surface area contributed by atoms with E-state index in [4.69, 9.17) is 0 Å². The van der Waals surface area contributed by atoms with Crippen molar-refractivity contribution in [1.29, 1.82) is 0 Å². The molecule has 1 heterocycles. The molecule has 2 fully saturated rings. The second-order valence-corrected chi connectivity index (χ2v) is 6.65. The number of hydrogen-bond acceptors (Lipinski definition) is 3. The van der Waals surface area contributed by atoms with Crippen molar-refractivity contribution in [2.45, 2.75) is 62.8 Å². The zero-order valence-corrected chi connectivity index (χ0v) is 13.2. The standard InChI is InChI=1S/C15H23F3N2O3/c1-19(12(21)9-14(23)6-3-2-4-7-14)11-5-8-20(13(11)22)10-15(16,17)18/h11,23H,2-10H2,1H3/t11-/m1/s1. The lowest BCUT2D eigenvalue weighted by molar-refractivity contribution is -0.160. The van der Waals surface area contributed by atoms with E-state index < -0.39 is 30.3 Å². The fourth-order valence-electron chi connectivity index (χ4n) is 3.42. The lowest BCUT2D eigenvalue weighted by atomic mass is 9.82. The van der Waals surface area contributed by atoms with Gasteiger partial charge in [-0.15, -0.1) is 0 Å². The van der Waals surface area contributed by atoms with Crippen molar-refractivity contribution >= 4 is 11.8 Å². The van der Waals surface area contributed by atoms with E-state index in [1.807, 2.05) is 0 Å². The van der Waals surface area contributed by atoms with Crippen molar-refractivity contribution in [3.8, 4) is 0 Å². The van der Waals surface area contributed by atoms with Gasteiger partial charge in [0.1, 0.15) is 12.6 Å². The van der Waals surface area contributed by atoms with E-state index in [0.29, 0.717) is 12.8 Å². The molecule has 8 heteroatoms. The third-order valence-electron chi connectivity index (χ3n) is 4.76. The molecule has 0 unspecified atom stereocenters. The molecule has 0 aromatic carbocycles. The van der Waals surface area contributed by atoms with Crippen LogP contribution in [0.1, 0.15) is 44.9 Å². The van der Waals surface area contributed by atoms with Gasteiger partial charge in [0.05, 0.1) is 12.0 Å². The Morgan fingerprint density at radius 3 is 2.52 bits per heavy atom. The normalized spacial score (nSPS) is 24.8. The molecule has 1 atom stereocenters. The van der Waals surface area contributed by atoms with Crippen LogP contribution in [0.3, 0.4) is 0 Å². The van der Waals surface area contributed by atoms with Crippen LogP contribution in [-0.2, 0) is 9.59 Å². The molecule has 2 rings (SSSR count). The lowest BCUT2D eigenvalue weighted by Gasteiger charge is -2.34. The highest BCUT2D eigenvalue weighted by atomic mass is 19.4. The molecule has 0 aromatic rings. The molecule has 2 aliphatic rings. The Bertz CT molecular complexity index is 461. The molecule has 0 radical (unpaired) electrons. The molecule has 0 bridgehead atoms. The van der Waals surface area contributed by atoms with E-state index in [1.165, 1.54) is 11.9 Å². The van der Waals surface area contributed by atoms with Crippen LogP contribution in [0.4, 0.5) is 13.2 Å². The van der Waals surface area contributed by atoms with Crippen LogP contribution in [0.15, 0.2) is 0 Å². The van der Waals surface area contributed by atoms with E-state index in [2.05, 4.69) is 0 Å². The number of likely N-dealkylation sites (N-methyl/N-ethyl adjacent to an activating group) is 1. The van der Waals surface area contributed by atoms with Crippen molar-refractivity contribution < 1.29 is 27.9 Å². The monoisotopic (exact) mass is 336 g/mol. The Kier molecular flexibility index (Phi) is 5.23. The highest BCUT2D eigenvalue weighted by Crippen LogP contribution is 2.32. The molecular weight excluding hydrogens is 313 g/mol. The number of halogens is 3. The first kappa shape index (κ1) is 18.0. The van der Waals surface area contributed by atoms with Gasteiger partial charge in [-0.1, -0.05) is 19.3 Å². The van der Waals surface area contributed by atoms with Gasteiger partial charge in [-0.2, -0.15) is 13.2 Å². The Labute approximate surface area is 133 Å². The highest BCUT2D eigenvalue weighted by Gasteiger charge is 2.42. The minimum Gasteiger partial charge on any atom is -0.389 e. The van der Waals surface area contributed by atoms with Crippen LogP contribution in [0.25, 0.3) is 0 Å². The van der Waals surface area contributed by atoms with Crippen molar-refractivity contribution in [3.63, 3.8) is 0 Å². The van der Waals surface area contributed by atoms with Crippen molar-refractivity contribution in [2.24, 2.45) is 0 Å². The molecule has 23 heavy (non-hydrogen) atoms. The SMILES string of the molecule is CN(C(=O)CC1(O)CCCCC1)[C@@H]1CCN(CC(F)(F)F)C1=O. The predicted octanol–water partition coefficient (Wildman–Crippen LogP) is 1.69. The van der Waals surface area contributed by atoms with E-state index in [9.17, 15) is 27.9 Å². The van der Waals surface area contributed by atoms with Crippen molar-refractivity contribution in [2.75, 3.05) is 20.1 Å². The number of rotatable bonds is 4. The number of alkyl halides is 3.